The molecular formula is C18H17F5NO4P. The molecule has 29 heavy (non-hydrogen) atoms. The number of halogens is 5. The van der Waals surface area contributed by atoms with Gasteiger partial charge in [-0.25, -0.2) is 27.0 Å². The maximum atomic E-state index is 14.3. The van der Waals surface area contributed by atoms with E-state index in [2.05, 4.69) is 0 Å². The van der Waals surface area contributed by atoms with Crippen molar-refractivity contribution in [2.24, 2.45) is 0 Å². The molecule has 0 saturated carbocycles. The van der Waals surface area contributed by atoms with Gasteiger partial charge in [-0.2, -0.15) is 0 Å². The van der Waals surface area contributed by atoms with E-state index in [4.69, 9.17) is 9.26 Å². The molecule has 0 amide bonds. The Morgan fingerprint density at radius 1 is 0.897 bits per heavy atom. The van der Waals surface area contributed by atoms with Gasteiger partial charge in [0, 0.05) is 0 Å². The minimum Gasteiger partial charge on any atom is -0.462 e. The van der Waals surface area contributed by atoms with Crippen molar-refractivity contribution >= 4 is 18.8 Å². The molecule has 0 aliphatic carbocycles. The van der Waals surface area contributed by atoms with Crippen molar-refractivity contribution in [3.8, 4) is 5.75 Å². The average Bonchev–Trinajstić information content (AvgIpc) is 2.65. The molecular weight excluding hydrogens is 420 g/mol. The minimum absolute atomic E-state index is 0.197. The van der Waals surface area contributed by atoms with Gasteiger partial charge in [-0.15, -0.1) is 0 Å². The first kappa shape index (κ1) is 22.8. The lowest BCUT2D eigenvalue weighted by Crippen LogP contribution is -2.40. The van der Waals surface area contributed by atoms with E-state index in [1.807, 2.05) is 5.09 Å². The van der Waals surface area contributed by atoms with Crippen LogP contribution in [0.3, 0.4) is 0 Å². The predicted molar refractivity (Wildman–Crippen MR) is 94.4 cm³/mol. The summed E-state index contributed by atoms with van der Waals surface area (Å²) >= 11 is 0. The van der Waals surface area contributed by atoms with Gasteiger partial charge in [-0.3, -0.25) is 9.36 Å². The maximum absolute atomic E-state index is 14.3. The fraction of sp³-hybridized carbons (Fsp3) is 0.278. The van der Waals surface area contributed by atoms with Crippen molar-refractivity contribution in [3.05, 3.63) is 59.4 Å². The van der Waals surface area contributed by atoms with Crippen LogP contribution in [0.15, 0.2) is 30.3 Å². The molecule has 0 heterocycles. The van der Waals surface area contributed by atoms with Gasteiger partial charge in [0.2, 0.25) is 5.82 Å². The number of ether oxygens (including phenoxy) is 1. The molecule has 158 valence electrons. The lowest BCUT2D eigenvalue weighted by molar-refractivity contribution is -0.149. The summed E-state index contributed by atoms with van der Waals surface area (Å²) in [4.78, 5) is 12.0. The minimum atomic E-state index is -5.04. The number of carbonyl (C=O) groups is 1. The normalized spacial score (nSPS) is 14.4. The Labute approximate surface area is 163 Å². The largest absolute Gasteiger partial charge is 0.462 e. The molecule has 11 heteroatoms. The number of nitrogens with one attached hydrogen (secondary N) is 1. The van der Waals surface area contributed by atoms with E-state index in [0.29, 0.717) is 0 Å². The molecule has 1 N–H and O–H groups in total. The Bertz CT molecular complexity index is 926. The number of hydrogen-bond donors (Lipinski definition) is 1. The Balaban J connectivity index is 2.60. The summed E-state index contributed by atoms with van der Waals surface area (Å²) in [5.41, 5.74) is 0. The molecule has 0 aromatic heterocycles. The fourth-order valence-electron chi connectivity index (χ4n) is 2.26. The van der Waals surface area contributed by atoms with Crippen LogP contribution in [0.4, 0.5) is 22.0 Å². The molecule has 0 spiro atoms. The molecule has 0 radical (unpaired) electrons. The van der Waals surface area contributed by atoms with Crippen molar-refractivity contribution in [2.75, 3.05) is 0 Å². The van der Waals surface area contributed by atoms with Crippen molar-refractivity contribution in [3.63, 3.8) is 0 Å². The molecule has 0 saturated heterocycles. The summed E-state index contributed by atoms with van der Waals surface area (Å²) in [6, 6.07) is 5.42. The highest BCUT2D eigenvalue weighted by molar-refractivity contribution is 7.65. The number of carbonyl (C=O) groups excluding carboxylic acids is 1. The molecule has 2 atom stereocenters. The van der Waals surface area contributed by atoms with E-state index in [-0.39, 0.29) is 5.75 Å². The van der Waals surface area contributed by atoms with Gasteiger partial charge < -0.3 is 9.26 Å². The first-order valence-electron chi connectivity index (χ1n) is 8.33. The Morgan fingerprint density at radius 3 is 1.86 bits per heavy atom. The van der Waals surface area contributed by atoms with Crippen LogP contribution in [0.1, 0.15) is 20.8 Å². The van der Waals surface area contributed by atoms with Gasteiger partial charge in [0.05, 0.1) is 6.10 Å². The number of benzene rings is 2. The van der Waals surface area contributed by atoms with E-state index in [9.17, 15) is 31.3 Å². The average molecular weight is 437 g/mol. The zero-order valence-electron chi connectivity index (χ0n) is 15.5. The van der Waals surface area contributed by atoms with Gasteiger partial charge in [-0.05, 0) is 32.9 Å². The fourth-order valence-corrected chi connectivity index (χ4v) is 4.28. The number of para-hydroxylation sites is 1. The van der Waals surface area contributed by atoms with Crippen molar-refractivity contribution in [2.45, 2.75) is 32.9 Å². The zero-order valence-corrected chi connectivity index (χ0v) is 16.4. The van der Waals surface area contributed by atoms with Gasteiger partial charge in [-0.1, -0.05) is 18.2 Å². The van der Waals surface area contributed by atoms with Crippen molar-refractivity contribution in [1.82, 2.24) is 5.09 Å². The van der Waals surface area contributed by atoms with Gasteiger partial charge in [0.25, 0.3) is 0 Å². The van der Waals surface area contributed by atoms with Crippen LogP contribution < -0.4 is 14.9 Å². The van der Waals surface area contributed by atoms with Crippen LogP contribution in [0, 0.1) is 29.1 Å². The number of hydrogen-bond acceptors (Lipinski definition) is 4. The molecule has 0 fully saturated rings. The molecule has 0 unspecified atom stereocenters. The second-order valence-corrected chi connectivity index (χ2v) is 8.20. The molecule has 0 aliphatic heterocycles. The van der Waals surface area contributed by atoms with E-state index >= 15 is 0 Å². The van der Waals surface area contributed by atoms with Crippen LogP contribution in [0.25, 0.3) is 0 Å². The summed E-state index contributed by atoms with van der Waals surface area (Å²) in [6.07, 6.45) is -0.574. The summed E-state index contributed by atoms with van der Waals surface area (Å²) in [5.74, 6) is -12.8. The lowest BCUT2D eigenvalue weighted by Gasteiger charge is -2.25. The maximum Gasteiger partial charge on any atom is 0.353 e. The molecule has 2 aromatic rings. The first-order chi connectivity index (χ1) is 13.5. The Hall–Kier alpha value is -2.45. The quantitative estimate of drug-likeness (QED) is 0.231. The second-order valence-electron chi connectivity index (χ2n) is 6.21. The van der Waals surface area contributed by atoms with Crippen LogP contribution >= 0.6 is 7.52 Å². The van der Waals surface area contributed by atoms with Gasteiger partial charge >= 0.3 is 13.5 Å². The van der Waals surface area contributed by atoms with Crippen molar-refractivity contribution in [1.29, 1.82) is 0 Å². The molecule has 2 aromatic carbocycles. The third kappa shape index (κ3) is 4.94. The summed E-state index contributed by atoms with van der Waals surface area (Å²) < 4.78 is 92.8. The van der Waals surface area contributed by atoms with Gasteiger partial charge in [0.1, 0.15) is 17.1 Å². The lowest BCUT2D eigenvalue weighted by atomic mass is 10.3. The van der Waals surface area contributed by atoms with E-state index in [1.54, 1.807) is 6.07 Å². The van der Waals surface area contributed by atoms with E-state index < -0.39 is 60.0 Å². The molecule has 2 rings (SSSR count). The smallest absolute Gasteiger partial charge is 0.353 e. The van der Waals surface area contributed by atoms with Gasteiger partial charge in [0.15, 0.2) is 23.3 Å². The summed E-state index contributed by atoms with van der Waals surface area (Å²) in [6.45, 7) is 4.18. The standard InChI is InChI=1S/C18H17F5NO4P/c1-9(2)27-18(25)10(3)24-29(26,28-11-7-5-4-6-8-11)17-15(22)13(20)12(19)14(21)16(17)23/h4-10H,1-3H3,(H,24,26)/t10-,29+/m0/s1. The zero-order chi connectivity index (χ0) is 21.9. The molecule has 0 bridgehead atoms. The highest BCUT2D eigenvalue weighted by atomic mass is 31.2. The van der Waals surface area contributed by atoms with Crippen LogP contribution in [0.2, 0.25) is 0 Å². The topological polar surface area (TPSA) is 64.6 Å². The monoisotopic (exact) mass is 437 g/mol. The van der Waals surface area contributed by atoms with Crippen LogP contribution in [-0.2, 0) is 14.1 Å². The Kier molecular flexibility index (Phi) is 7.02. The summed E-state index contributed by atoms with van der Waals surface area (Å²) in [5, 5.41) is 0.335. The number of esters is 1. The van der Waals surface area contributed by atoms with Crippen LogP contribution in [-0.4, -0.2) is 18.1 Å². The van der Waals surface area contributed by atoms with E-state index in [0.717, 1.165) is 6.92 Å². The van der Waals surface area contributed by atoms with E-state index in [1.165, 1.54) is 38.1 Å². The second kappa shape index (κ2) is 8.92. The molecule has 5 nitrogen and oxygen atoms in total. The van der Waals surface area contributed by atoms with Crippen molar-refractivity contribution < 1.29 is 40.6 Å². The SMILES string of the molecule is CC(C)OC(=O)[C@H](C)N[P@](=O)(Oc1ccccc1)c1c(F)c(F)c(F)c(F)c1F. The Morgan fingerprint density at radius 2 is 1.38 bits per heavy atom. The highest BCUT2D eigenvalue weighted by Crippen LogP contribution is 2.45. The summed E-state index contributed by atoms with van der Waals surface area (Å²) in [7, 11) is -5.04. The predicted octanol–water partition coefficient (Wildman–Crippen LogP) is 4.21. The first-order valence-corrected chi connectivity index (χ1v) is 9.95. The number of rotatable bonds is 7. The van der Waals surface area contributed by atoms with Crippen LogP contribution in [0.5, 0.6) is 5.75 Å². The highest BCUT2D eigenvalue weighted by Gasteiger charge is 2.42. The third-order valence-corrected chi connectivity index (χ3v) is 5.70. The third-order valence-electron chi connectivity index (χ3n) is 3.53. The molecule has 0 aliphatic rings.